The molecule has 48 heavy (non-hydrogen) atoms. The van der Waals surface area contributed by atoms with Crippen LogP contribution >= 0.6 is 46.4 Å². The average Bonchev–Trinajstić information content (AvgIpc) is 3.47. The van der Waals surface area contributed by atoms with Gasteiger partial charge < -0.3 is 33.8 Å². The van der Waals surface area contributed by atoms with Crippen molar-refractivity contribution in [3.63, 3.8) is 0 Å². The fourth-order valence-electron chi connectivity index (χ4n) is 6.49. The number of hydrogen-bond acceptors (Lipinski definition) is 2. The van der Waals surface area contributed by atoms with E-state index in [0.717, 1.165) is 60.0 Å². The number of fused-ring (bicyclic) bond motifs is 2. The van der Waals surface area contributed by atoms with E-state index < -0.39 is 0 Å². The molecule has 9 heteroatoms. The molecule has 0 saturated carbocycles. The van der Waals surface area contributed by atoms with Gasteiger partial charge in [-0.1, -0.05) is 143 Å². The Balaban J connectivity index is 0.00000625. The van der Waals surface area contributed by atoms with Crippen molar-refractivity contribution in [2.75, 3.05) is 22.9 Å². The van der Waals surface area contributed by atoms with Gasteiger partial charge in [0.1, 0.15) is 12.4 Å². The summed E-state index contributed by atoms with van der Waals surface area (Å²) >= 11 is 26.2. The normalized spacial score (nSPS) is 13.6. The summed E-state index contributed by atoms with van der Waals surface area (Å²) in [6.45, 7) is 15.7. The lowest BCUT2D eigenvalue weighted by molar-refractivity contribution is -0.674. The maximum absolute atomic E-state index is 6.57. The van der Waals surface area contributed by atoms with Crippen LogP contribution in [0.4, 0.5) is 11.4 Å². The largest absolute Gasteiger partial charge is 1.00 e. The second-order valence-corrected chi connectivity index (χ2v) is 14.0. The lowest BCUT2D eigenvalue weighted by Crippen LogP contribution is -3.00. The number of hydrogen-bond donors (Lipinski definition) is 0. The first-order chi connectivity index (χ1) is 22.9. The minimum absolute atomic E-state index is 0. The molecule has 0 radical (unpaired) electrons. The molecule has 0 aliphatic carbocycles. The van der Waals surface area contributed by atoms with Crippen LogP contribution in [0.1, 0.15) is 96.7 Å². The molecule has 1 aliphatic heterocycles. The SMILES string of the molecule is C=CCN1/C(=C\C=C\c2n(CC=C)c3cc(Cl)c(Cl)cc3[n+]2CCCCCCCC)N(CCCCCCCC)c2cc(Cl)c(Cl)cc21.[I-]. The van der Waals surface area contributed by atoms with Crippen molar-refractivity contribution in [1.82, 2.24) is 4.57 Å². The summed E-state index contributed by atoms with van der Waals surface area (Å²) in [5.74, 6) is 2.17. The fourth-order valence-corrected chi connectivity index (χ4v) is 7.13. The molecule has 0 spiro atoms. The molecule has 0 bridgehead atoms. The maximum atomic E-state index is 6.57. The Morgan fingerprint density at radius 3 is 1.83 bits per heavy atom. The number of anilines is 2. The first-order valence-corrected chi connectivity index (χ1v) is 18.9. The highest BCUT2D eigenvalue weighted by Crippen LogP contribution is 2.45. The van der Waals surface area contributed by atoms with Crippen LogP contribution in [0.25, 0.3) is 17.1 Å². The molecule has 3 aromatic rings. The summed E-state index contributed by atoms with van der Waals surface area (Å²) in [6.07, 6.45) is 25.2. The third-order valence-electron chi connectivity index (χ3n) is 8.89. The van der Waals surface area contributed by atoms with Gasteiger partial charge in [0.05, 0.1) is 38.0 Å². The molecule has 0 atom stereocenters. The van der Waals surface area contributed by atoms with Crippen LogP contribution in [-0.4, -0.2) is 17.7 Å². The molecule has 0 N–H and O–H groups in total. The zero-order valence-corrected chi connectivity index (χ0v) is 33.8. The molecule has 262 valence electrons. The molecule has 0 fully saturated rings. The van der Waals surface area contributed by atoms with Gasteiger partial charge in [-0.3, -0.25) is 0 Å². The van der Waals surface area contributed by atoms with Crippen molar-refractivity contribution < 1.29 is 28.5 Å². The Morgan fingerprint density at radius 2 is 1.21 bits per heavy atom. The van der Waals surface area contributed by atoms with Crippen molar-refractivity contribution in [3.05, 3.63) is 93.5 Å². The highest BCUT2D eigenvalue weighted by molar-refractivity contribution is 6.43. The monoisotopic (exact) mass is 842 g/mol. The van der Waals surface area contributed by atoms with Crippen LogP contribution < -0.4 is 38.3 Å². The van der Waals surface area contributed by atoms with Crippen LogP contribution in [0.3, 0.4) is 0 Å². The van der Waals surface area contributed by atoms with Crippen molar-refractivity contribution in [1.29, 1.82) is 0 Å². The van der Waals surface area contributed by atoms with Crippen LogP contribution in [0.15, 0.2) is 67.5 Å². The minimum atomic E-state index is 0. The van der Waals surface area contributed by atoms with Gasteiger partial charge in [0.2, 0.25) is 0 Å². The number of unbranched alkanes of at least 4 members (excludes halogenated alkanes) is 10. The number of halogens is 5. The van der Waals surface area contributed by atoms with E-state index in [4.69, 9.17) is 46.4 Å². The number of rotatable bonds is 20. The van der Waals surface area contributed by atoms with Gasteiger partial charge in [-0.25, -0.2) is 9.13 Å². The summed E-state index contributed by atoms with van der Waals surface area (Å²) in [6, 6.07) is 7.96. The summed E-state index contributed by atoms with van der Waals surface area (Å²) in [5.41, 5.74) is 4.26. The molecular weight excluding hydrogens is 793 g/mol. The molecule has 1 aromatic heterocycles. The van der Waals surface area contributed by atoms with E-state index in [1.54, 1.807) is 0 Å². The molecule has 1 aliphatic rings. The van der Waals surface area contributed by atoms with E-state index in [0.29, 0.717) is 33.2 Å². The zero-order valence-electron chi connectivity index (χ0n) is 28.6. The summed E-state index contributed by atoms with van der Waals surface area (Å²) in [7, 11) is 0. The van der Waals surface area contributed by atoms with E-state index >= 15 is 0 Å². The number of allylic oxidation sites excluding steroid dienone is 3. The Morgan fingerprint density at radius 1 is 0.667 bits per heavy atom. The molecule has 2 aromatic carbocycles. The highest BCUT2D eigenvalue weighted by Gasteiger charge is 2.31. The van der Waals surface area contributed by atoms with Gasteiger partial charge in [-0.2, -0.15) is 0 Å². The summed E-state index contributed by atoms with van der Waals surface area (Å²) < 4.78 is 4.66. The number of benzene rings is 2. The van der Waals surface area contributed by atoms with E-state index in [1.165, 1.54) is 64.2 Å². The molecule has 0 unspecified atom stereocenters. The Bertz CT molecular complexity index is 1580. The summed E-state index contributed by atoms with van der Waals surface area (Å²) in [4.78, 5) is 4.66. The van der Waals surface area contributed by atoms with Gasteiger partial charge in [0.25, 0.3) is 5.82 Å². The Hall–Kier alpha value is -1.64. The van der Waals surface area contributed by atoms with Crippen molar-refractivity contribution >= 4 is 74.9 Å². The standard InChI is InChI=1S/C39H51Cl4N4.HI/c1-5-9-11-13-15-17-24-46-36-28-32(42)30(40)26-34(36)44(22-7-3)38(46)20-19-21-39-45(23-8-4)35-27-31(41)33(43)29-37(35)47(39)25-18-16-14-12-10-6-2;/h7-8,19-21,26-29H,3-6,9-18,22-25H2,1-2H3;1H/q+1;/p-1. The quantitative estimate of drug-likeness (QED) is 0.0488. The third kappa shape index (κ3) is 10.2. The van der Waals surface area contributed by atoms with Crippen molar-refractivity contribution in [2.45, 2.75) is 104 Å². The average molecular weight is 845 g/mol. The van der Waals surface area contributed by atoms with Gasteiger partial charge in [0.15, 0.2) is 11.0 Å². The van der Waals surface area contributed by atoms with E-state index in [2.05, 4.69) is 64.2 Å². The number of aryl methyl sites for hydroxylation is 1. The molecule has 4 nitrogen and oxygen atoms in total. The van der Waals surface area contributed by atoms with Crippen LogP contribution in [0.5, 0.6) is 0 Å². The minimum Gasteiger partial charge on any atom is -1.00 e. The highest BCUT2D eigenvalue weighted by atomic mass is 127. The second-order valence-electron chi connectivity index (χ2n) is 12.4. The molecule has 2 heterocycles. The second kappa shape index (κ2) is 20.9. The lowest BCUT2D eigenvalue weighted by Gasteiger charge is -2.24. The molecule has 0 saturated heterocycles. The van der Waals surface area contributed by atoms with Crippen LogP contribution in [-0.2, 0) is 13.1 Å². The predicted octanol–water partition coefficient (Wildman–Crippen LogP) is 9.82. The molecular formula is C39H51Cl4IN4. The fraction of sp³-hybridized carbons (Fsp3) is 0.462. The van der Waals surface area contributed by atoms with Gasteiger partial charge in [0, 0.05) is 31.3 Å². The zero-order chi connectivity index (χ0) is 33.8. The first-order valence-electron chi connectivity index (χ1n) is 17.4. The van der Waals surface area contributed by atoms with Crippen LogP contribution in [0.2, 0.25) is 20.1 Å². The molecule has 4 rings (SSSR count). The number of nitrogens with zero attached hydrogens (tertiary/aromatic N) is 4. The summed E-state index contributed by atoms with van der Waals surface area (Å²) in [5, 5.41) is 2.24. The third-order valence-corrected chi connectivity index (χ3v) is 10.3. The van der Waals surface area contributed by atoms with Crippen molar-refractivity contribution in [3.8, 4) is 0 Å². The smallest absolute Gasteiger partial charge is 0.282 e. The molecule has 0 amide bonds. The lowest BCUT2D eigenvalue weighted by atomic mass is 10.1. The number of aromatic nitrogens is 2. The van der Waals surface area contributed by atoms with Gasteiger partial charge in [-0.05, 0) is 37.5 Å². The Labute approximate surface area is 326 Å². The first kappa shape index (κ1) is 40.8. The van der Waals surface area contributed by atoms with Gasteiger partial charge in [-0.15, -0.1) is 6.58 Å². The van der Waals surface area contributed by atoms with Crippen molar-refractivity contribution in [2.24, 2.45) is 0 Å². The van der Waals surface area contributed by atoms with E-state index in [9.17, 15) is 0 Å². The van der Waals surface area contributed by atoms with Gasteiger partial charge >= 0.3 is 0 Å². The Kier molecular flexibility index (Phi) is 17.8. The topological polar surface area (TPSA) is 15.3 Å². The van der Waals surface area contributed by atoms with E-state index in [1.807, 2.05) is 36.4 Å². The van der Waals surface area contributed by atoms with Crippen LogP contribution in [0, 0.1) is 0 Å². The maximum Gasteiger partial charge on any atom is 0.282 e. The van der Waals surface area contributed by atoms with E-state index in [-0.39, 0.29) is 24.0 Å². The predicted molar refractivity (Wildman–Crippen MR) is 208 cm³/mol. The number of imidazole rings is 1.